The zero-order chi connectivity index (χ0) is 9.84. The monoisotopic (exact) mass is 186 g/mol. The van der Waals surface area contributed by atoms with Crippen molar-refractivity contribution in [1.29, 1.82) is 0 Å². The van der Waals surface area contributed by atoms with Gasteiger partial charge in [-0.1, -0.05) is 0 Å². The lowest BCUT2D eigenvalue weighted by molar-refractivity contribution is -0.123. The Morgan fingerprint density at radius 3 is 2.85 bits per heavy atom. The number of piperazine rings is 1. The number of likely N-dealkylation sites (N-methyl/N-ethyl adjacent to an activating group) is 1. The van der Waals surface area contributed by atoms with Crippen molar-refractivity contribution in [2.24, 2.45) is 5.84 Å². The van der Waals surface area contributed by atoms with E-state index in [0.717, 1.165) is 19.6 Å². The van der Waals surface area contributed by atoms with Crippen molar-refractivity contribution in [3.63, 3.8) is 0 Å². The first-order chi connectivity index (χ1) is 6.13. The van der Waals surface area contributed by atoms with Crippen LogP contribution in [0.4, 0.5) is 0 Å². The fourth-order valence-corrected chi connectivity index (χ4v) is 1.64. The molecule has 1 rings (SSSR count). The Morgan fingerprint density at radius 2 is 2.31 bits per heavy atom. The molecule has 1 saturated heterocycles. The first kappa shape index (κ1) is 10.4. The minimum Gasteiger partial charge on any atom is -0.304 e. The molecule has 0 aromatic carbocycles. The molecule has 1 amide bonds. The lowest BCUT2D eigenvalue weighted by Crippen LogP contribution is -2.53. The molecule has 1 heterocycles. The number of hydrogen-bond acceptors (Lipinski definition) is 4. The van der Waals surface area contributed by atoms with Gasteiger partial charge in [-0.25, -0.2) is 5.84 Å². The van der Waals surface area contributed by atoms with Crippen molar-refractivity contribution < 1.29 is 4.79 Å². The summed E-state index contributed by atoms with van der Waals surface area (Å²) in [6.07, 6.45) is 0. The SMILES string of the molecule is CC1CN(C)CCN1CC(=O)NN. The van der Waals surface area contributed by atoms with E-state index in [1.165, 1.54) is 0 Å². The molecule has 5 heteroatoms. The Labute approximate surface area is 78.8 Å². The average Bonchev–Trinajstić information content (AvgIpc) is 2.09. The standard InChI is InChI=1S/C8H18N4O/c1-7-5-11(2)3-4-12(7)6-8(13)10-9/h7H,3-6,9H2,1-2H3,(H,10,13). The van der Waals surface area contributed by atoms with Crippen molar-refractivity contribution in [1.82, 2.24) is 15.2 Å². The topological polar surface area (TPSA) is 61.6 Å². The van der Waals surface area contributed by atoms with E-state index in [1.807, 2.05) is 0 Å². The van der Waals surface area contributed by atoms with Crippen LogP contribution in [-0.4, -0.2) is 55.0 Å². The highest BCUT2D eigenvalue weighted by Gasteiger charge is 2.22. The van der Waals surface area contributed by atoms with Crippen molar-refractivity contribution in [2.75, 3.05) is 33.2 Å². The zero-order valence-electron chi connectivity index (χ0n) is 8.29. The average molecular weight is 186 g/mol. The maximum atomic E-state index is 11.0. The van der Waals surface area contributed by atoms with E-state index in [1.54, 1.807) is 0 Å². The van der Waals surface area contributed by atoms with Gasteiger partial charge in [0.25, 0.3) is 0 Å². The first-order valence-electron chi connectivity index (χ1n) is 4.55. The summed E-state index contributed by atoms with van der Waals surface area (Å²) in [5.41, 5.74) is 2.15. The number of carbonyl (C=O) groups excluding carboxylic acids is 1. The molecule has 1 aliphatic heterocycles. The van der Waals surface area contributed by atoms with Gasteiger partial charge in [-0.15, -0.1) is 0 Å². The van der Waals surface area contributed by atoms with Crippen LogP contribution in [0.3, 0.4) is 0 Å². The third-order valence-corrected chi connectivity index (χ3v) is 2.48. The molecule has 0 bridgehead atoms. The van der Waals surface area contributed by atoms with Crippen LogP contribution in [0, 0.1) is 0 Å². The molecule has 3 N–H and O–H groups in total. The molecule has 1 fully saturated rings. The van der Waals surface area contributed by atoms with Crippen LogP contribution in [-0.2, 0) is 4.79 Å². The van der Waals surface area contributed by atoms with Gasteiger partial charge in [-0.3, -0.25) is 15.1 Å². The Morgan fingerprint density at radius 1 is 1.62 bits per heavy atom. The van der Waals surface area contributed by atoms with E-state index in [-0.39, 0.29) is 5.91 Å². The molecular formula is C8H18N4O. The number of carbonyl (C=O) groups is 1. The number of hydrazine groups is 1. The van der Waals surface area contributed by atoms with E-state index >= 15 is 0 Å². The van der Waals surface area contributed by atoms with Gasteiger partial charge in [0.2, 0.25) is 5.91 Å². The summed E-state index contributed by atoms with van der Waals surface area (Å²) in [5.74, 6) is 4.91. The predicted octanol–water partition coefficient (Wildman–Crippen LogP) is -1.39. The Balaban J connectivity index is 2.38. The van der Waals surface area contributed by atoms with E-state index in [0.29, 0.717) is 12.6 Å². The third kappa shape index (κ3) is 2.95. The number of nitrogens with one attached hydrogen (secondary N) is 1. The molecule has 13 heavy (non-hydrogen) atoms. The molecule has 0 aromatic heterocycles. The van der Waals surface area contributed by atoms with Crippen LogP contribution in [0.25, 0.3) is 0 Å². The molecule has 1 aliphatic rings. The quantitative estimate of drug-likeness (QED) is 0.317. The second kappa shape index (κ2) is 4.55. The summed E-state index contributed by atoms with van der Waals surface area (Å²) in [4.78, 5) is 15.4. The van der Waals surface area contributed by atoms with Crippen LogP contribution >= 0.6 is 0 Å². The van der Waals surface area contributed by atoms with E-state index in [4.69, 9.17) is 5.84 Å². The number of rotatable bonds is 2. The highest BCUT2D eigenvalue weighted by atomic mass is 16.2. The van der Waals surface area contributed by atoms with Crippen molar-refractivity contribution in [2.45, 2.75) is 13.0 Å². The molecule has 0 spiro atoms. The van der Waals surface area contributed by atoms with Gasteiger partial charge >= 0.3 is 0 Å². The molecule has 0 radical (unpaired) electrons. The van der Waals surface area contributed by atoms with Gasteiger partial charge in [0.15, 0.2) is 0 Å². The van der Waals surface area contributed by atoms with E-state index in [2.05, 4.69) is 29.2 Å². The maximum Gasteiger partial charge on any atom is 0.248 e. The first-order valence-corrected chi connectivity index (χ1v) is 4.55. The number of hydrogen-bond donors (Lipinski definition) is 2. The van der Waals surface area contributed by atoms with Gasteiger partial charge in [0.05, 0.1) is 6.54 Å². The second-order valence-corrected chi connectivity index (χ2v) is 3.65. The smallest absolute Gasteiger partial charge is 0.248 e. The van der Waals surface area contributed by atoms with Crippen molar-refractivity contribution >= 4 is 5.91 Å². The van der Waals surface area contributed by atoms with Crippen LogP contribution in [0.5, 0.6) is 0 Å². The molecular weight excluding hydrogens is 168 g/mol. The lowest BCUT2D eigenvalue weighted by atomic mass is 10.2. The molecule has 1 unspecified atom stereocenters. The van der Waals surface area contributed by atoms with E-state index < -0.39 is 0 Å². The van der Waals surface area contributed by atoms with Gasteiger partial charge < -0.3 is 4.90 Å². The molecule has 0 saturated carbocycles. The third-order valence-electron chi connectivity index (χ3n) is 2.48. The summed E-state index contributed by atoms with van der Waals surface area (Å²) in [6, 6.07) is 0.427. The molecule has 0 aromatic rings. The summed E-state index contributed by atoms with van der Waals surface area (Å²) >= 11 is 0. The summed E-state index contributed by atoms with van der Waals surface area (Å²) < 4.78 is 0. The number of amides is 1. The van der Waals surface area contributed by atoms with Gasteiger partial charge in [0, 0.05) is 25.7 Å². The Bertz CT molecular complexity index is 185. The summed E-state index contributed by atoms with van der Waals surface area (Å²) in [5, 5.41) is 0. The Kier molecular flexibility index (Phi) is 3.65. The van der Waals surface area contributed by atoms with Crippen LogP contribution in [0.2, 0.25) is 0 Å². The minimum absolute atomic E-state index is 0.114. The predicted molar refractivity (Wildman–Crippen MR) is 50.9 cm³/mol. The normalized spacial score (nSPS) is 25.9. The zero-order valence-corrected chi connectivity index (χ0v) is 8.29. The lowest BCUT2D eigenvalue weighted by Gasteiger charge is -2.37. The second-order valence-electron chi connectivity index (χ2n) is 3.65. The fourth-order valence-electron chi connectivity index (χ4n) is 1.64. The van der Waals surface area contributed by atoms with Crippen LogP contribution in [0.1, 0.15) is 6.92 Å². The molecule has 5 nitrogen and oxygen atoms in total. The van der Waals surface area contributed by atoms with Crippen LogP contribution in [0.15, 0.2) is 0 Å². The number of nitrogens with two attached hydrogens (primary N) is 1. The summed E-state index contributed by atoms with van der Waals surface area (Å²) in [7, 11) is 2.09. The molecule has 1 atom stereocenters. The van der Waals surface area contributed by atoms with Crippen LogP contribution < -0.4 is 11.3 Å². The maximum absolute atomic E-state index is 11.0. The largest absolute Gasteiger partial charge is 0.304 e. The number of nitrogens with zero attached hydrogens (tertiary/aromatic N) is 2. The summed E-state index contributed by atoms with van der Waals surface area (Å²) in [6.45, 7) is 5.50. The van der Waals surface area contributed by atoms with Gasteiger partial charge in [0.1, 0.15) is 0 Å². The highest BCUT2D eigenvalue weighted by molar-refractivity contribution is 5.77. The molecule has 76 valence electrons. The van der Waals surface area contributed by atoms with Gasteiger partial charge in [-0.05, 0) is 14.0 Å². The van der Waals surface area contributed by atoms with Crippen molar-refractivity contribution in [3.8, 4) is 0 Å². The van der Waals surface area contributed by atoms with Crippen molar-refractivity contribution in [3.05, 3.63) is 0 Å². The van der Waals surface area contributed by atoms with Gasteiger partial charge in [-0.2, -0.15) is 0 Å². The fraction of sp³-hybridized carbons (Fsp3) is 0.875. The minimum atomic E-state index is -0.114. The molecule has 0 aliphatic carbocycles. The van der Waals surface area contributed by atoms with E-state index in [9.17, 15) is 4.79 Å². The highest BCUT2D eigenvalue weighted by Crippen LogP contribution is 2.06. The Hall–Kier alpha value is -0.650.